The lowest BCUT2D eigenvalue weighted by Gasteiger charge is -2.27. The molecule has 0 aliphatic carbocycles. The molecule has 5 heteroatoms. The SMILES string of the molecule is c1ccc(-c2ccc(-c3c(-n4c5ccccc5c5ccccc54)c(-n4c5ccccc5c5ccccc54)nc(-n4c5ccccc5c5ccccc54)c3-n3c4ccccc4c4ccccc43)cc2)cc1. The van der Waals surface area contributed by atoms with Crippen LogP contribution in [0.5, 0.6) is 0 Å². The summed E-state index contributed by atoms with van der Waals surface area (Å²) in [7, 11) is 0. The molecule has 0 spiro atoms. The number of pyridine rings is 1. The lowest BCUT2D eigenvalue weighted by atomic mass is 9.97. The minimum Gasteiger partial charge on any atom is -0.305 e. The molecule has 70 heavy (non-hydrogen) atoms. The average molecular weight is 892 g/mol. The predicted octanol–water partition coefficient (Wildman–Crippen LogP) is 16.8. The predicted molar refractivity (Wildman–Crippen MR) is 292 cm³/mol. The molecule has 0 fully saturated rings. The molecule has 5 nitrogen and oxygen atoms in total. The molecule has 0 unspecified atom stereocenters. The summed E-state index contributed by atoms with van der Waals surface area (Å²) in [5, 5.41) is 9.42. The summed E-state index contributed by atoms with van der Waals surface area (Å²) in [6, 6.07) is 90.6. The molecule has 326 valence electrons. The van der Waals surface area contributed by atoms with Gasteiger partial charge in [-0.2, -0.15) is 0 Å². The fraction of sp³-hybridized carbons (Fsp3) is 0. The van der Waals surface area contributed by atoms with Crippen molar-refractivity contribution in [1.29, 1.82) is 0 Å². The third-order valence-corrected chi connectivity index (χ3v) is 14.6. The Morgan fingerprint density at radius 3 is 0.729 bits per heavy atom. The zero-order chi connectivity index (χ0) is 45.9. The zero-order valence-corrected chi connectivity index (χ0v) is 37.9. The monoisotopic (exact) mass is 891 g/mol. The van der Waals surface area contributed by atoms with Crippen molar-refractivity contribution < 1.29 is 0 Å². The minimum absolute atomic E-state index is 0.826. The molecule has 5 aromatic heterocycles. The molecule has 0 radical (unpaired) electrons. The van der Waals surface area contributed by atoms with Crippen LogP contribution in [0, 0.1) is 0 Å². The summed E-state index contributed by atoms with van der Waals surface area (Å²) in [5.74, 6) is 1.65. The molecule has 0 N–H and O–H groups in total. The summed E-state index contributed by atoms with van der Waals surface area (Å²) in [5.41, 5.74) is 15.2. The summed E-state index contributed by atoms with van der Waals surface area (Å²) >= 11 is 0. The first kappa shape index (κ1) is 38.6. The minimum atomic E-state index is 0.826. The van der Waals surface area contributed by atoms with Crippen molar-refractivity contribution in [3.8, 4) is 45.3 Å². The Morgan fingerprint density at radius 1 is 0.200 bits per heavy atom. The molecule has 15 rings (SSSR count). The lowest BCUT2D eigenvalue weighted by molar-refractivity contribution is 0.961. The standard InChI is InChI=1S/C65H41N5/c1-2-20-42(21-3-1)43-38-40-44(41-39-43)61-62(67-53-30-12-4-22-45(53)46-23-5-13-31-54(46)67)64(69-57-34-16-8-26-49(57)50-27-9-17-35-58(50)69)66-65(70-59-36-18-10-28-51(59)52-29-11-19-37-60(52)70)63(61)68-55-32-14-6-24-47(55)48-25-7-15-33-56(48)68/h1-41H. The van der Waals surface area contributed by atoms with Gasteiger partial charge in [0, 0.05) is 48.7 Å². The fourth-order valence-corrected chi connectivity index (χ4v) is 11.6. The van der Waals surface area contributed by atoms with Crippen molar-refractivity contribution in [3.63, 3.8) is 0 Å². The molecule has 0 amide bonds. The van der Waals surface area contributed by atoms with Gasteiger partial charge in [-0.25, -0.2) is 4.98 Å². The van der Waals surface area contributed by atoms with Crippen molar-refractivity contribution in [2.45, 2.75) is 0 Å². The molecule has 0 saturated heterocycles. The van der Waals surface area contributed by atoms with E-state index in [0.29, 0.717) is 0 Å². The molecular formula is C65H41N5. The first-order valence-electron chi connectivity index (χ1n) is 24.0. The van der Waals surface area contributed by atoms with Crippen molar-refractivity contribution in [2.24, 2.45) is 0 Å². The second kappa shape index (κ2) is 15.0. The highest BCUT2D eigenvalue weighted by molar-refractivity contribution is 6.15. The zero-order valence-electron chi connectivity index (χ0n) is 37.9. The first-order valence-corrected chi connectivity index (χ1v) is 24.0. The van der Waals surface area contributed by atoms with E-state index in [9.17, 15) is 0 Å². The van der Waals surface area contributed by atoms with E-state index in [1.54, 1.807) is 0 Å². The van der Waals surface area contributed by atoms with Crippen LogP contribution >= 0.6 is 0 Å². The van der Waals surface area contributed by atoms with Crippen molar-refractivity contribution >= 4 is 87.2 Å². The molecule has 0 aliphatic rings. The number of rotatable bonds is 6. The highest BCUT2D eigenvalue weighted by Crippen LogP contribution is 2.49. The van der Waals surface area contributed by atoms with E-state index in [1.807, 2.05) is 0 Å². The maximum atomic E-state index is 6.33. The van der Waals surface area contributed by atoms with E-state index in [4.69, 9.17) is 4.98 Å². The van der Waals surface area contributed by atoms with E-state index in [-0.39, 0.29) is 0 Å². The summed E-state index contributed by atoms with van der Waals surface area (Å²) in [6.07, 6.45) is 0. The second-order valence-corrected chi connectivity index (χ2v) is 18.3. The Hall–Kier alpha value is -9.45. The van der Waals surface area contributed by atoms with Crippen LogP contribution in [0.25, 0.3) is 132 Å². The number of nitrogens with zero attached hydrogens (tertiary/aromatic N) is 5. The molecule has 0 aliphatic heterocycles. The van der Waals surface area contributed by atoms with Gasteiger partial charge >= 0.3 is 0 Å². The van der Waals surface area contributed by atoms with Gasteiger partial charge in [-0.3, -0.25) is 9.13 Å². The Labute approximate surface area is 402 Å². The third kappa shape index (κ3) is 5.45. The summed E-state index contributed by atoms with van der Waals surface area (Å²) in [6.45, 7) is 0. The molecule has 15 aromatic rings. The van der Waals surface area contributed by atoms with E-state index in [2.05, 4.69) is 267 Å². The first-order chi connectivity index (χ1) is 34.8. The van der Waals surface area contributed by atoms with Crippen molar-refractivity contribution in [2.75, 3.05) is 0 Å². The van der Waals surface area contributed by atoms with Crippen LogP contribution in [-0.2, 0) is 0 Å². The molecule has 0 bridgehead atoms. The number of hydrogen-bond acceptors (Lipinski definition) is 1. The Morgan fingerprint density at radius 2 is 0.429 bits per heavy atom. The highest BCUT2D eigenvalue weighted by Gasteiger charge is 2.32. The van der Waals surface area contributed by atoms with Crippen molar-refractivity contribution in [1.82, 2.24) is 23.3 Å². The van der Waals surface area contributed by atoms with Gasteiger partial charge in [0.2, 0.25) is 0 Å². The van der Waals surface area contributed by atoms with Crippen LogP contribution in [0.4, 0.5) is 0 Å². The van der Waals surface area contributed by atoms with E-state index >= 15 is 0 Å². The van der Waals surface area contributed by atoms with Gasteiger partial charge < -0.3 is 9.13 Å². The highest BCUT2D eigenvalue weighted by atomic mass is 15.2. The van der Waals surface area contributed by atoms with Crippen LogP contribution in [-0.4, -0.2) is 23.3 Å². The number of aromatic nitrogens is 5. The number of hydrogen-bond donors (Lipinski definition) is 0. The van der Waals surface area contributed by atoms with E-state index in [1.165, 1.54) is 48.7 Å². The Balaban J connectivity index is 1.26. The van der Waals surface area contributed by atoms with Gasteiger partial charge in [0.05, 0.1) is 44.1 Å². The van der Waals surface area contributed by atoms with Gasteiger partial charge in [0.1, 0.15) is 11.4 Å². The Kier molecular flexibility index (Phi) is 8.29. The topological polar surface area (TPSA) is 32.6 Å². The quantitative estimate of drug-likeness (QED) is 0.164. The third-order valence-electron chi connectivity index (χ3n) is 14.6. The number of benzene rings is 10. The van der Waals surface area contributed by atoms with Crippen LogP contribution in [0.3, 0.4) is 0 Å². The maximum absolute atomic E-state index is 6.33. The van der Waals surface area contributed by atoms with Gasteiger partial charge in [-0.05, 0) is 65.2 Å². The van der Waals surface area contributed by atoms with E-state index in [0.717, 1.165) is 83.8 Å². The van der Waals surface area contributed by atoms with Gasteiger partial charge in [0.15, 0.2) is 11.6 Å². The summed E-state index contributed by atoms with van der Waals surface area (Å²) < 4.78 is 9.87. The Bertz CT molecular complexity index is 4120. The summed E-state index contributed by atoms with van der Waals surface area (Å²) in [4.78, 5) is 6.33. The fourth-order valence-electron chi connectivity index (χ4n) is 11.6. The van der Waals surface area contributed by atoms with Crippen molar-refractivity contribution in [3.05, 3.63) is 249 Å². The number of fused-ring (bicyclic) bond motifs is 12. The molecule has 10 aromatic carbocycles. The molecule has 0 saturated carbocycles. The molecule has 5 heterocycles. The second-order valence-electron chi connectivity index (χ2n) is 18.3. The average Bonchev–Trinajstić information content (AvgIpc) is 4.16. The lowest BCUT2D eigenvalue weighted by Crippen LogP contribution is -2.16. The normalized spacial score (nSPS) is 12.0. The van der Waals surface area contributed by atoms with Gasteiger partial charge in [-0.1, -0.05) is 200 Å². The number of para-hydroxylation sites is 8. The van der Waals surface area contributed by atoms with Crippen LogP contribution in [0.1, 0.15) is 0 Å². The molecule has 0 atom stereocenters. The van der Waals surface area contributed by atoms with Gasteiger partial charge in [-0.15, -0.1) is 0 Å². The largest absolute Gasteiger partial charge is 0.305 e. The van der Waals surface area contributed by atoms with Crippen LogP contribution in [0.15, 0.2) is 249 Å². The van der Waals surface area contributed by atoms with Crippen LogP contribution in [0.2, 0.25) is 0 Å². The molecular weight excluding hydrogens is 851 g/mol. The van der Waals surface area contributed by atoms with E-state index < -0.39 is 0 Å². The van der Waals surface area contributed by atoms with Crippen LogP contribution < -0.4 is 0 Å². The smallest absolute Gasteiger partial charge is 0.165 e. The maximum Gasteiger partial charge on any atom is 0.165 e. The van der Waals surface area contributed by atoms with Gasteiger partial charge in [0.25, 0.3) is 0 Å².